The fourth-order valence-electron chi connectivity index (χ4n) is 5.05. The Bertz CT molecular complexity index is 464. The van der Waals surface area contributed by atoms with Gasteiger partial charge in [-0.05, 0) is 63.2 Å². The Morgan fingerprint density at radius 2 is 1.80 bits per heavy atom. The van der Waals surface area contributed by atoms with Gasteiger partial charge in [0.25, 0.3) is 0 Å². The summed E-state index contributed by atoms with van der Waals surface area (Å²) < 4.78 is 0. The Kier molecular flexibility index (Phi) is 2.95. The summed E-state index contributed by atoms with van der Waals surface area (Å²) in [6.45, 7) is 1.89. The maximum absolute atomic E-state index is 11.4. The molecule has 1 N–H and O–H groups in total. The number of nitrogens with zero attached hydrogens (tertiary/aromatic N) is 2. The van der Waals surface area contributed by atoms with Crippen molar-refractivity contribution in [1.82, 2.24) is 5.32 Å². The van der Waals surface area contributed by atoms with E-state index in [4.69, 9.17) is 0 Å². The second-order valence-electron chi connectivity index (χ2n) is 7.18. The SMILES string of the molecule is C[C@@H]1S/C(=N/N=C/C23CC4CC(CC(C4)C2)C3)NC1=O. The number of rotatable bonds is 2. The third kappa shape index (κ3) is 2.20. The summed E-state index contributed by atoms with van der Waals surface area (Å²) in [5.74, 6) is 2.83. The van der Waals surface area contributed by atoms with Crippen molar-refractivity contribution < 1.29 is 4.79 Å². The highest BCUT2D eigenvalue weighted by Crippen LogP contribution is 2.59. The Balaban J connectivity index is 1.48. The van der Waals surface area contributed by atoms with E-state index >= 15 is 0 Å². The monoisotopic (exact) mass is 291 g/mol. The Morgan fingerprint density at radius 1 is 1.20 bits per heavy atom. The van der Waals surface area contributed by atoms with E-state index in [0.717, 1.165) is 17.8 Å². The van der Waals surface area contributed by atoms with Crippen molar-refractivity contribution in [2.45, 2.75) is 50.7 Å². The average molecular weight is 291 g/mol. The lowest BCUT2D eigenvalue weighted by Crippen LogP contribution is -2.46. The van der Waals surface area contributed by atoms with Crippen molar-refractivity contribution in [3.63, 3.8) is 0 Å². The van der Waals surface area contributed by atoms with Crippen molar-refractivity contribution in [1.29, 1.82) is 0 Å². The summed E-state index contributed by atoms with van der Waals surface area (Å²) in [5.41, 5.74) is 0.317. The molecular formula is C15H21N3OS. The van der Waals surface area contributed by atoms with Crippen LogP contribution in [0.2, 0.25) is 0 Å². The number of nitrogens with one attached hydrogen (secondary N) is 1. The second-order valence-corrected chi connectivity index (χ2v) is 8.51. The molecule has 5 heteroatoms. The molecule has 4 bridgehead atoms. The van der Waals surface area contributed by atoms with Crippen molar-refractivity contribution >= 4 is 29.1 Å². The first-order chi connectivity index (χ1) is 9.62. The largest absolute Gasteiger partial charge is 0.303 e. The van der Waals surface area contributed by atoms with E-state index in [2.05, 4.69) is 21.7 Å². The van der Waals surface area contributed by atoms with Gasteiger partial charge in [-0.25, -0.2) is 0 Å². The van der Waals surface area contributed by atoms with Crippen LogP contribution >= 0.6 is 11.8 Å². The van der Waals surface area contributed by atoms with E-state index in [9.17, 15) is 4.79 Å². The number of carbonyl (C=O) groups excluding carboxylic acids is 1. The van der Waals surface area contributed by atoms with Crippen molar-refractivity contribution in [3.05, 3.63) is 0 Å². The fraction of sp³-hybridized carbons (Fsp3) is 0.800. The first-order valence-electron chi connectivity index (χ1n) is 7.72. The minimum absolute atomic E-state index is 0.0384. The summed E-state index contributed by atoms with van der Waals surface area (Å²) >= 11 is 1.47. The zero-order valence-electron chi connectivity index (χ0n) is 11.8. The second kappa shape index (κ2) is 4.58. The molecule has 0 spiro atoms. The summed E-state index contributed by atoms with van der Waals surface area (Å²) in [6.07, 6.45) is 10.4. The first kappa shape index (κ1) is 12.9. The van der Waals surface area contributed by atoms with Gasteiger partial charge in [0.05, 0.1) is 5.25 Å². The van der Waals surface area contributed by atoms with Crippen LogP contribution in [0, 0.1) is 23.2 Å². The predicted molar refractivity (Wildman–Crippen MR) is 81.7 cm³/mol. The van der Waals surface area contributed by atoms with Crippen molar-refractivity contribution in [3.8, 4) is 0 Å². The Hall–Kier alpha value is -0.840. The molecule has 1 heterocycles. The van der Waals surface area contributed by atoms with Gasteiger partial charge in [0.15, 0.2) is 5.17 Å². The van der Waals surface area contributed by atoms with E-state index in [0.29, 0.717) is 10.6 Å². The zero-order chi connectivity index (χ0) is 13.7. The van der Waals surface area contributed by atoms with Crippen LogP contribution in [0.15, 0.2) is 10.2 Å². The van der Waals surface area contributed by atoms with Crippen LogP contribution in [0.4, 0.5) is 0 Å². The Labute approximate surface area is 123 Å². The predicted octanol–water partition coefficient (Wildman–Crippen LogP) is 2.80. The standard InChI is InChI=1S/C15H21N3OS/c1-9-13(19)17-14(20-9)18-16-8-15-5-10-2-11(6-15)4-12(3-10)7-15/h8-12H,2-7H2,1H3,(H,17,18,19)/b16-8+/t9-,10?,11?,12?,15?/m0/s1. The molecule has 4 aliphatic carbocycles. The lowest BCUT2D eigenvalue weighted by atomic mass is 9.50. The van der Waals surface area contributed by atoms with Crippen LogP contribution in [0.25, 0.3) is 0 Å². The van der Waals surface area contributed by atoms with Crippen LogP contribution in [-0.2, 0) is 4.79 Å². The number of hydrogen-bond donors (Lipinski definition) is 1. The quantitative estimate of drug-likeness (QED) is 0.628. The topological polar surface area (TPSA) is 53.8 Å². The average Bonchev–Trinajstić information content (AvgIpc) is 2.66. The van der Waals surface area contributed by atoms with Gasteiger partial charge in [0, 0.05) is 11.6 Å². The molecule has 0 unspecified atom stereocenters. The van der Waals surface area contributed by atoms with Crippen LogP contribution in [0.1, 0.15) is 45.4 Å². The van der Waals surface area contributed by atoms with Gasteiger partial charge in [-0.1, -0.05) is 11.8 Å². The summed E-state index contributed by atoms with van der Waals surface area (Å²) in [5, 5.41) is 11.9. The van der Waals surface area contributed by atoms with E-state index in [1.807, 2.05) is 6.92 Å². The van der Waals surface area contributed by atoms with Gasteiger partial charge < -0.3 is 5.32 Å². The van der Waals surface area contributed by atoms with Gasteiger partial charge >= 0.3 is 0 Å². The number of hydrogen-bond acceptors (Lipinski definition) is 4. The molecule has 5 aliphatic rings. The van der Waals surface area contributed by atoms with Gasteiger partial charge in [0.2, 0.25) is 5.91 Å². The minimum atomic E-state index is -0.0384. The number of thioether (sulfide) groups is 1. The summed E-state index contributed by atoms with van der Waals surface area (Å²) in [7, 11) is 0. The molecule has 5 fully saturated rings. The van der Waals surface area contributed by atoms with Gasteiger partial charge in [-0.2, -0.15) is 5.10 Å². The van der Waals surface area contributed by atoms with Gasteiger partial charge in [0.1, 0.15) is 0 Å². The van der Waals surface area contributed by atoms with E-state index < -0.39 is 0 Å². The maximum atomic E-state index is 11.4. The molecule has 5 rings (SSSR count). The molecular weight excluding hydrogens is 270 g/mol. The van der Waals surface area contributed by atoms with Gasteiger partial charge in [-0.15, -0.1) is 5.10 Å². The molecule has 4 saturated carbocycles. The molecule has 20 heavy (non-hydrogen) atoms. The zero-order valence-corrected chi connectivity index (χ0v) is 12.7. The maximum Gasteiger partial charge on any atom is 0.239 e. The Morgan fingerprint density at radius 3 is 2.30 bits per heavy atom. The number of carbonyl (C=O) groups is 1. The minimum Gasteiger partial charge on any atom is -0.303 e. The number of amides is 1. The highest BCUT2D eigenvalue weighted by Gasteiger charge is 2.50. The third-order valence-corrected chi connectivity index (χ3v) is 6.43. The molecule has 0 aromatic rings. The van der Waals surface area contributed by atoms with E-state index in [1.54, 1.807) is 0 Å². The summed E-state index contributed by atoms with van der Waals surface area (Å²) in [4.78, 5) is 11.4. The van der Waals surface area contributed by atoms with Crippen molar-refractivity contribution in [2.75, 3.05) is 0 Å². The van der Waals surface area contributed by atoms with Gasteiger partial charge in [-0.3, -0.25) is 4.79 Å². The molecule has 0 aromatic heterocycles. The highest BCUT2D eigenvalue weighted by molar-refractivity contribution is 8.15. The fourth-order valence-corrected chi connectivity index (χ4v) is 5.80. The highest BCUT2D eigenvalue weighted by atomic mass is 32.2. The van der Waals surface area contributed by atoms with Crippen LogP contribution in [-0.4, -0.2) is 22.5 Å². The van der Waals surface area contributed by atoms with Crippen LogP contribution in [0.3, 0.4) is 0 Å². The van der Waals surface area contributed by atoms with E-state index in [-0.39, 0.29) is 11.2 Å². The lowest BCUT2D eigenvalue weighted by molar-refractivity contribution is -0.118. The van der Waals surface area contributed by atoms with E-state index in [1.165, 1.54) is 50.3 Å². The molecule has 1 aliphatic heterocycles. The third-order valence-electron chi connectivity index (χ3n) is 5.45. The lowest BCUT2D eigenvalue weighted by Gasteiger charge is -2.55. The molecule has 0 aromatic carbocycles. The molecule has 0 radical (unpaired) electrons. The number of amidine groups is 1. The smallest absolute Gasteiger partial charge is 0.239 e. The molecule has 4 nitrogen and oxygen atoms in total. The molecule has 1 saturated heterocycles. The molecule has 108 valence electrons. The molecule has 1 atom stereocenters. The summed E-state index contributed by atoms with van der Waals surface area (Å²) in [6, 6.07) is 0. The van der Waals surface area contributed by atoms with Crippen LogP contribution in [0.5, 0.6) is 0 Å². The van der Waals surface area contributed by atoms with Crippen LogP contribution < -0.4 is 5.32 Å². The molecule has 1 amide bonds. The normalized spacial score (nSPS) is 48.5. The van der Waals surface area contributed by atoms with Crippen molar-refractivity contribution in [2.24, 2.45) is 33.4 Å². The first-order valence-corrected chi connectivity index (χ1v) is 8.60.